The van der Waals surface area contributed by atoms with Gasteiger partial charge in [-0.05, 0) is 37.1 Å². The van der Waals surface area contributed by atoms with Crippen LogP contribution < -0.4 is 0 Å². The smallest absolute Gasteiger partial charge is 0.273 e. The zero-order valence-electron chi connectivity index (χ0n) is 16.8. The highest BCUT2D eigenvalue weighted by atomic mass is 79.9. The quantitative estimate of drug-likeness (QED) is 0.296. The first kappa shape index (κ1) is 23.1. The molecule has 1 aliphatic heterocycles. The molecule has 1 heterocycles. The number of hydrogen-bond acceptors (Lipinski definition) is 4. The molecule has 2 aromatic rings. The van der Waals surface area contributed by atoms with Gasteiger partial charge in [-0.2, -0.15) is 5.01 Å². The number of fused-ring (bicyclic) bond motifs is 1. The van der Waals surface area contributed by atoms with E-state index >= 15 is 0 Å². The van der Waals surface area contributed by atoms with Crippen LogP contribution in [0.3, 0.4) is 0 Å². The van der Waals surface area contributed by atoms with Gasteiger partial charge in [0.25, 0.3) is 17.7 Å². The Morgan fingerprint density at radius 3 is 1.94 bits per heavy atom. The number of nitrogens with zero attached hydrogens (tertiary/aromatic N) is 2. The van der Waals surface area contributed by atoms with E-state index < -0.39 is 36.1 Å². The van der Waals surface area contributed by atoms with Gasteiger partial charge in [-0.25, -0.2) is 5.01 Å². The summed E-state index contributed by atoms with van der Waals surface area (Å²) in [6.07, 6.45) is 0.939. The van der Waals surface area contributed by atoms with Crippen molar-refractivity contribution in [1.29, 1.82) is 0 Å². The first-order chi connectivity index (χ1) is 15.3. The van der Waals surface area contributed by atoms with E-state index in [9.17, 15) is 19.2 Å². The Kier molecular flexibility index (Phi) is 6.83. The fourth-order valence-electron chi connectivity index (χ4n) is 4.14. The van der Waals surface area contributed by atoms with Gasteiger partial charge < -0.3 is 0 Å². The molecule has 2 aliphatic rings. The van der Waals surface area contributed by atoms with Crippen molar-refractivity contribution in [2.45, 2.75) is 22.5 Å². The van der Waals surface area contributed by atoms with Gasteiger partial charge in [0, 0.05) is 25.8 Å². The molecule has 6 nitrogen and oxygen atoms in total. The Balaban J connectivity index is 1.69. The number of hydrazine groups is 1. The number of hydrogen-bond donors (Lipinski definition) is 0. The van der Waals surface area contributed by atoms with Crippen molar-refractivity contribution in [3.8, 4) is 0 Å². The Morgan fingerprint density at radius 1 is 0.875 bits per heavy atom. The molecule has 1 saturated carbocycles. The van der Waals surface area contributed by atoms with Gasteiger partial charge in [-0.3, -0.25) is 19.2 Å². The lowest BCUT2D eigenvalue weighted by molar-refractivity contribution is -0.154. The molecule has 0 bridgehead atoms. The molecule has 0 N–H and O–H groups in total. The zero-order chi connectivity index (χ0) is 23.0. The SMILES string of the molecule is O=C(CN(C(=O)c1ccc(Cl)cc1)N1C(=O)[C@H]2C[C@@H](Br)[C@@H](Br)C[C@H]2C1=O)c1ccccc1. The van der Waals surface area contributed by atoms with Gasteiger partial charge in [0.2, 0.25) is 0 Å². The van der Waals surface area contributed by atoms with Gasteiger partial charge >= 0.3 is 0 Å². The highest BCUT2D eigenvalue weighted by molar-refractivity contribution is 9.12. The molecule has 4 atom stereocenters. The Bertz CT molecular complexity index is 1040. The molecule has 166 valence electrons. The minimum Gasteiger partial charge on any atom is -0.292 e. The molecule has 2 fully saturated rings. The fourth-order valence-corrected chi connectivity index (χ4v) is 5.50. The summed E-state index contributed by atoms with van der Waals surface area (Å²) >= 11 is 13.1. The summed E-state index contributed by atoms with van der Waals surface area (Å²) in [5.74, 6) is -2.96. The third-order valence-corrected chi connectivity index (χ3v) is 8.83. The second-order valence-electron chi connectivity index (χ2n) is 7.86. The first-order valence-electron chi connectivity index (χ1n) is 10.1. The summed E-state index contributed by atoms with van der Waals surface area (Å²) in [6.45, 7) is -0.433. The molecule has 32 heavy (non-hydrogen) atoms. The molecule has 2 aromatic carbocycles. The average Bonchev–Trinajstić information content (AvgIpc) is 3.02. The van der Waals surface area contributed by atoms with Crippen LogP contribution in [-0.2, 0) is 9.59 Å². The molecule has 0 unspecified atom stereocenters. The Hall–Kier alpha value is -2.03. The van der Waals surface area contributed by atoms with Crippen LogP contribution in [0.4, 0.5) is 0 Å². The van der Waals surface area contributed by atoms with E-state index in [2.05, 4.69) is 31.9 Å². The molecule has 1 aliphatic carbocycles. The molecule has 0 aromatic heterocycles. The Morgan fingerprint density at radius 2 is 1.41 bits per heavy atom. The van der Waals surface area contributed by atoms with E-state index in [4.69, 9.17) is 11.6 Å². The first-order valence-corrected chi connectivity index (χ1v) is 12.3. The van der Waals surface area contributed by atoms with Gasteiger partial charge in [0.1, 0.15) is 6.54 Å². The van der Waals surface area contributed by atoms with Crippen LogP contribution in [0.15, 0.2) is 54.6 Å². The lowest BCUT2D eigenvalue weighted by Crippen LogP contribution is -2.52. The summed E-state index contributed by atoms with van der Waals surface area (Å²) in [5.41, 5.74) is 0.612. The van der Waals surface area contributed by atoms with Crippen molar-refractivity contribution in [2.75, 3.05) is 6.54 Å². The minimum atomic E-state index is -0.614. The maximum Gasteiger partial charge on any atom is 0.273 e. The molecular weight excluding hydrogens is 564 g/mol. The maximum absolute atomic E-state index is 13.4. The average molecular weight is 583 g/mol. The molecule has 0 spiro atoms. The summed E-state index contributed by atoms with van der Waals surface area (Å²) in [7, 11) is 0. The van der Waals surface area contributed by atoms with Crippen LogP contribution in [-0.4, -0.2) is 49.7 Å². The normalized spacial score (nSPS) is 24.9. The highest BCUT2D eigenvalue weighted by Gasteiger charge is 2.54. The summed E-state index contributed by atoms with van der Waals surface area (Å²) in [4.78, 5) is 53.0. The third kappa shape index (κ3) is 4.40. The van der Waals surface area contributed by atoms with Crippen molar-refractivity contribution in [1.82, 2.24) is 10.0 Å². The largest absolute Gasteiger partial charge is 0.292 e. The van der Waals surface area contributed by atoms with Gasteiger partial charge in [-0.1, -0.05) is 73.8 Å². The number of benzene rings is 2. The van der Waals surface area contributed by atoms with Crippen LogP contribution in [0.5, 0.6) is 0 Å². The number of carbonyl (C=O) groups excluding carboxylic acids is 4. The van der Waals surface area contributed by atoms with Crippen LogP contribution in [0.25, 0.3) is 0 Å². The minimum absolute atomic E-state index is 0.0341. The number of amides is 3. The van der Waals surface area contributed by atoms with E-state index in [1.54, 1.807) is 42.5 Å². The van der Waals surface area contributed by atoms with E-state index in [1.165, 1.54) is 12.1 Å². The van der Waals surface area contributed by atoms with Crippen molar-refractivity contribution < 1.29 is 19.2 Å². The Labute approximate surface area is 207 Å². The van der Waals surface area contributed by atoms with Crippen molar-refractivity contribution in [3.05, 3.63) is 70.7 Å². The predicted octanol–water partition coefficient (Wildman–Crippen LogP) is 4.50. The van der Waals surface area contributed by atoms with Crippen LogP contribution in [0.1, 0.15) is 33.6 Å². The topological polar surface area (TPSA) is 74.8 Å². The monoisotopic (exact) mass is 580 g/mol. The molecule has 4 rings (SSSR count). The number of ketones is 1. The number of rotatable bonds is 5. The second-order valence-corrected chi connectivity index (χ2v) is 10.7. The molecular formula is C23H19Br2ClN2O4. The third-order valence-electron chi connectivity index (χ3n) is 5.84. The zero-order valence-corrected chi connectivity index (χ0v) is 20.7. The van der Waals surface area contributed by atoms with Crippen LogP contribution >= 0.6 is 43.5 Å². The van der Waals surface area contributed by atoms with Crippen molar-refractivity contribution in [2.24, 2.45) is 11.8 Å². The summed E-state index contributed by atoms with van der Waals surface area (Å²) in [5, 5.41) is 2.31. The van der Waals surface area contributed by atoms with Crippen molar-refractivity contribution in [3.63, 3.8) is 0 Å². The molecule has 9 heteroatoms. The van der Waals surface area contributed by atoms with E-state index in [0.717, 1.165) is 10.0 Å². The lowest BCUT2D eigenvalue weighted by Gasteiger charge is -2.30. The number of carbonyl (C=O) groups is 4. The van der Waals surface area contributed by atoms with Gasteiger partial charge in [-0.15, -0.1) is 0 Å². The number of Topliss-reactive ketones (excluding diaryl/α,β-unsaturated/α-hetero) is 1. The molecule has 1 saturated heterocycles. The van der Waals surface area contributed by atoms with Gasteiger partial charge in [0.15, 0.2) is 5.78 Å². The number of alkyl halides is 2. The molecule has 3 amide bonds. The van der Waals surface area contributed by atoms with Crippen LogP contribution in [0, 0.1) is 11.8 Å². The van der Waals surface area contributed by atoms with E-state index in [-0.39, 0.29) is 21.0 Å². The predicted molar refractivity (Wildman–Crippen MR) is 127 cm³/mol. The lowest BCUT2D eigenvalue weighted by atomic mass is 9.81. The highest BCUT2D eigenvalue weighted by Crippen LogP contribution is 2.43. The van der Waals surface area contributed by atoms with E-state index in [1.807, 2.05) is 0 Å². The number of halogens is 3. The van der Waals surface area contributed by atoms with Crippen LogP contribution in [0.2, 0.25) is 5.02 Å². The van der Waals surface area contributed by atoms with E-state index in [0.29, 0.717) is 23.4 Å². The molecule has 0 radical (unpaired) electrons. The van der Waals surface area contributed by atoms with Crippen molar-refractivity contribution >= 4 is 67.0 Å². The van der Waals surface area contributed by atoms with Gasteiger partial charge in [0.05, 0.1) is 11.8 Å². The second kappa shape index (κ2) is 9.45. The standard InChI is InChI=1S/C23H19Br2ClN2O4/c24-18-10-16-17(11-19(18)25)23(32)28(22(16)31)27(12-20(29)13-4-2-1-3-5-13)21(30)14-6-8-15(26)9-7-14/h1-9,16-19H,10-12H2/t16-,17+,18+,19-. The maximum atomic E-state index is 13.4. The fraction of sp³-hybridized carbons (Fsp3) is 0.304. The number of imide groups is 1. The summed E-state index contributed by atoms with van der Waals surface area (Å²) in [6, 6.07) is 14.6. The summed E-state index contributed by atoms with van der Waals surface area (Å²) < 4.78 is 0.